The Morgan fingerprint density at radius 2 is 1.15 bits per heavy atom. The molecular weight excluding hydrogens is 731 g/mol. The Hall–Kier alpha value is -3.93. The fraction of sp³-hybridized carbons (Fsp3) is 0.366. The molecule has 4 aromatic carbocycles. The summed E-state index contributed by atoms with van der Waals surface area (Å²) >= 11 is 6.30. The Labute approximate surface area is 317 Å². The highest BCUT2D eigenvalue weighted by molar-refractivity contribution is 7.97. The Bertz CT molecular complexity index is 1910. The number of rotatable bonds is 10. The van der Waals surface area contributed by atoms with Crippen LogP contribution >= 0.6 is 23.5 Å². The van der Waals surface area contributed by atoms with Crippen molar-refractivity contribution in [2.24, 2.45) is 0 Å². The van der Waals surface area contributed by atoms with E-state index in [1.165, 1.54) is 21.3 Å². The topological polar surface area (TPSA) is 49.9 Å². The van der Waals surface area contributed by atoms with Crippen LogP contribution in [0, 0.1) is 29.1 Å². The number of ether oxygens (including phenoxy) is 1. The van der Waals surface area contributed by atoms with Crippen molar-refractivity contribution in [1.82, 2.24) is 4.31 Å². The Balaban J connectivity index is 1.81. The van der Waals surface area contributed by atoms with E-state index < -0.39 is 58.0 Å². The minimum atomic E-state index is -2.28. The zero-order valence-corrected chi connectivity index (χ0v) is 32.8. The molecule has 0 aliphatic carbocycles. The first kappa shape index (κ1) is 41.8. The van der Waals surface area contributed by atoms with Gasteiger partial charge < -0.3 is 9.64 Å². The van der Waals surface area contributed by atoms with E-state index >= 15 is 0 Å². The van der Waals surface area contributed by atoms with Gasteiger partial charge in [0.15, 0.2) is 23.3 Å². The van der Waals surface area contributed by atoms with Crippen molar-refractivity contribution >= 4 is 41.1 Å². The van der Waals surface area contributed by atoms with Crippen LogP contribution < -0.4 is 4.90 Å². The molecule has 5 nitrogen and oxygen atoms in total. The minimum absolute atomic E-state index is 0.0552. The van der Waals surface area contributed by atoms with Crippen molar-refractivity contribution in [2.75, 3.05) is 11.4 Å². The Morgan fingerprint density at radius 3 is 1.62 bits per heavy atom. The van der Waals surface area contributed by atoms with Gasteiger partial charge in [0.1, 0.15) is 10.5 Å². The van der Waals surface area contributed by atoms with E-state index in [-0.39, 0.29) is 41.4 Å². The molecule has 12 heteroatoms. The molecule has 0 saturated carbocycles. The second kappa shape index (κ2) is 16.2. The third kappa shape index (κ3) is 10.8. The van der Waals surface area contributed by atoms with Crippen molar-refractivity contribution in [1.29, 1.82) is 0 Å². The van der Waals surface area contributed by atoms with Crippen molar-refractivity contribution in [3.05, 3.63) is 129 Å². The molecule has 0 saturated heterocycles. The number of benzene rings is 4. The lowest BCUT2D eigenvalue weighted by Crippen LogP contribution is -2.38. The van der Waals surface area contributed by atoms with Crippen LogP contribution in [0.25, 0.3) is 0 Å². The second-order valence-electron chi connectivity index (χ2n) is 15.9. The molecule has 0 N–H and O–H groups in total. The largest absolute Gasteiger partial charge is 0.456 e. The van der Waals surface area contributed by atoms with Gasteiger partial charge in [0.2, 0.25) is 11.7 Å². The first-order valence-electron chi connectivity index (χ1n) is 16.9. The molecule has 0 spiro atoms. The van der Waals surface area contributed by atoms with E-state index in [9.17, 15) is 31.5 Å². The van der Waals surface area contributed by atoms with Gasteiger partial charge in [-0.25, -0.2) is 31.1 Å². The van der Waals surface area contributed by atoms with Gasteiger partial charge in [-0.15, -0.1) is 0 Å². The molecule has 0 heterocycles. The van der Waals surface area contributed by atoms with Gasteiger partial charge >= 0.3 is 5.97 Å². The third-order valence-corrected chi connectivity index (χ3v) is 9.46. The van der Waals surface area contributed by atoms with E-state index in [0.717, 1.165) is 16.7 Å². The van der Waals surface area contributed by atoms with Crippen molar-refractivity contribution in [3.8, 4) is 0 Å². The first-order valence-corrected chi connectivity index (χ1v) is 18.1. The van der Waals surface area contributed by atoms with E-state index in [2.05, 4.69) is 47.6 Å². The minimum Gasteiger partial charge on any atom is -0.456 e. The molecule has 0 aliphatic heterocycles. The normalized spacial score (nSPS) is 12.3. The first-order chi connectivity index (χ1) is 24.4. The van der Waals surface area contributed by atoms with Crippen molar-refractivity contribution in [3.63, 3.8) is 0 Å². The number of hydrogen-bond donors (Lipinski definition) is 0. The van der Waals surface area contributed by atoms with Crippen LogP contribution in [0.1, 0.15) is 94.9 Å². The summed E-state index contributed by atoms with van der Waals surface area (Å²) in [6.45, 7) is 17.2. The average molecular weight is 775 g/mol. The molecule has 0 atom stereocenters. The van der Waals surface area contributed by atoms with E-state index in [4.69, 9.17) is 16.3 Å². The number of nitrogens with zero attached hydrogens (tertiary/aromatic N) is 2. The van der Waals surface area contributed by atoms with E-state index in [0.29, 0.717) is 16.3 Å². The quantitative estimate of drug-likeness (QED) is 0.0528. The SMILES string of the molecule is CC(C)(C)OC(=O)c1ccc(N(Cc2cc(C(C)(C)C)cc(C(C)(C)C)c2)C(=O)CN(Cc2ccc(Cl)cc2)Sc2c(F)c(F)c(F)c(F)c2F)cc1. The zero-order chi connectivity index (χ0) is 39.6. The number of amides is 1. The number of carbonyl (C=O) groups is 2. The lowest BCUT2D eigenvalue weighted by molar-refractivity contribution is -0.118. The van der Waals surface area contributed by atoms with Gasteiger partial charge in [-0.1, -0.05) is 83.5 Å². The van der Waals surface area contributed by atoms with Crippen LogP contribution in [0.5, 0.6) is 0 Å². The summed E-state index contributed by atoms with van der Waals surface area (Å²) in [5, 5.41) is 0.414. The predicted octanol–water partition coefficient (Wildman–Crippen LogP) is 11.3. The number of anilines is 1. The van der Waals surface area contributed by atoms with Gasteiger partial charge in [-0.3, -0.25) is 4.79 Å². The van der Waals surface area contributed by atoms with Crippen LogP contribution in [0.15, 0.2) is 71.6 Å². The Kier molecular flexibility index (Phi) is 12.8. The molecule has 0 fully saturated rings. The van der Waals surface area contributed by atoms with Gasteiger partial charge in [0.05, 0.1) is 18.7 Å². The smallest absolute Gasteiger partial charge is 0.338 e. The molecule has 0 radical (unpaired) electrons. The second-order valence-corrected chi connectivity index (χ2v) is 17.4. The highest BCUT2D eigenvalue weighted by Crippen LogP contribution is 2.35. The molecule has 4 aromatic rings. The third-order valence-electron chi connectivity index (χ3n) is 8.15. The van der Waals surface area contributed by atoms with Crippen LogP contribution in [-0.4, -0.2) is 28.3 Å². The van der Waals surface area contributed by atoms with Crippen molar-refractivity contribution < 1.29 is 36.3 Å². The molecule has 1 amide bonds. The summed E-state index contributed by atoms with van der Waals surface area (Å²) in [6.07, 6.45) is 0. The molecule has 0 bridgehead atoms. The zero-order valence-electron chi connectivity index (χ0n) is 31.3. The summed E-state index contributed by atoms with van der Waals surface area (Å²) in [6, 6.07) is 18.8. The monoisotopic (exact) mass is 774 g/mol. The highest BCUT2D eigenvalue weighted by Gasteiger charge is 2.30. The molecule has 284 valence electrons. The Morgan fingerprint density at radius 1 is 0.660 bits per heavy atom. The maximum atomic E-state index is 15.0. The van der Waals surface area contributed by atoms with E-state index in [1.54, 1.807) is 57.2 Å². The highest BCUT2D eigenvalue weighted by atomic mass is 35.5. The van der Waals surface area contributed by atoms with Crippen molar-refractivity contribution in [2.45, 2.75) is 96.7 Å². The van der Waals surface area contributed by atoms with Crippen LogP contribution in [0.3, 0.4) is 0 Å². The summed E-state index contributed by atoms with van der Waals surface area (Å²) in [5.41, 5.74) is 2.88. The maximum Gasteiger partial charge on any atom is 0.338 e. The fourth-order valence-corrected chi connectivity index (χ4v) is 6.33. The lowest BCUT2D eigenvalue weighted by Gasteiger charge is -2.30. The van der Waals surface area contributed by atoms with Gasteiger partial charge in [0, 0.05) is 17.3 Å². The summed E-state index contributed by atoms with van der Waals surface area (Å²) in [5.74, 6) is -11.6. The van der Waals surface area contributed by atoms with Gasteiger partial charge in [-0.05, 0) is 102 Å². The fourth-order valence-electron chi connectivity index (χ4n) is 5.21. The van der Waals surface area contributed by atoms with Crippen LogP contribution in [0.2, 0.25) is 5.02 Å². The molecule has 0 unspecified atom stereocenters. The van der Waals surface area contributed by atoms with Gasteiger partial charge in [-0.2, -0.15) is 0 Å². The molecule has 4 rings (SSSR count). The summed E-state index contributed by atoms with van der Waals surface area (Å²) in [4.78, 5) is 27.6. The predicted molar refractivity (Wildman–Crippen MR) is 201 cm³/mol. The molecular formula is C41H44ClF5N2O3S. The van der Waals surface area contributed by atoms with Crippen LogP contribution in [-0.2, 0) is 33.5 Å². The van der Waals surface area contributed by atoms with Crippen LogP contribution in [0.4, 0.5) is 27.6 Å². The van der Waals surface area contributed by atoms with Gasteiger partial charge in [0.25, 0.3) is 0 Å². The summed E-state index contributed by atoms with van der Waals surface area (Å²) in [7, 11) is 0. The average Bonchev–Trinajstić information content (AvgIpc) is 3.06. The molecule has 0 aliphatic rings. The number of halogens is 6. The summed E-state index contributed by atoms with van der Waals surface area (Å²) < 4.78 is 79.1. The molecule has 0 aromatic heterocycles. The number of esters is 1. The van der Waals surface area contributed by atoms with E-state index in [1.807, 2.05) is 12.1 Å². The maximum absolute atomic E-state index is 15.0. The standard InChI is InChI=1S/C41H44ClF5N2O3S/c1-39(2,3)27-18-25(19-28(20-27)40(4,5)6)22-49(30-16-12-26(13-17-30)38(51)52-41(7,8)9)31(50)23-48(21-24-10-14-29(42)15-11-24)53-37-35(46)33(44)32(43)34(45)36(37)47/h10-20H,21-23H2,1-9H3. The molecule has 53 heavy (non-hydrogen) atoms. The lowest BCUT2D eigenvalue weighted by atomic mass is 9.79. The number of hydrogen-bond acceptors (Lipinski definition) is 5. The number of carbonyl (C=O) groups excluding carboxylic acids is 2.